The summed E-state index contributed by atoms with van der Waals surface area (Å²) in [6.07, 6.45) is 6.24. The summed E-state index contributed by atoms with van der Waals surface area (Å²) < 4.78 is 7.02. The molecule has 1 amide bonds. The zero-order chi connectivity index (χ0) is 21.3. The van der Waals surface area contributed by atoms with Crippen molar-refractivity contribution in [1.82, 2.24) is 14.8 Å². The van der Waals surface area contributed by atoms with Gasteiger partial charge in [0, 0.05) is 17.7 Å². The van der Waals surface area contributed by atoms with E-state index in [1.54, 1.807) is 11.8 Å². The van der Waals surface area contributed by atoms with Gasteiger partial charge in [-0.1, -0.05) is 56.9 Å². The number of nitrogens with zero attached hydrogens (tertiary/aromatic N) is 3. The maximum Gasteiger partial charge on any atom is 0.336 e. The number of amides is 1. The zero-order valence-electron chi connectivity index (χ0n) is 18.0. The molecule has 1 heterocycles. The molecule has 3 aromatic rings. The van der Waals surface area contributed by atoms with Crippen LogP contribution in [-0.4, -0.2) is 27.8 Å². The van der Waals surface area contributed by atoms with Crippen molar-refractivity contribution in [3.05, 3.63) is 54.1 Å². The van der Waals surface area contributed by atoms with Crippen molar-refractivity contribution in [1.29, 1.82) is 0 Å². The summed E-state index contributed by atoms with van der Waals surface area (Å²) in [7, 11) is 1.56. The molecule has 1 N–H and O–H groups in total. The molecule has 6 heteroatoms. The number of carbonyl (C=O) groups excluding carboxylic acids is 1. The Bertz CT molecular complexity index is 964. The van der Waals surface area contributed by atoms with Gasteiger partial charge in [-0.2, -0.15) is 4.98 Å². The van der Waals surface area contributed by atoms with Gasteiger partial charge in [0.1, 0.15) is 0 Å². The molecular formula is C24H30N4O2. The molecule has 0 fully saturated rings. The highest BCUT2D eigenvalue weighted by atomic mass is 16.5. The van der Waals surface area contributed by atoms with Crippen LogP contribution in [0, 0.1) is 6.92 Å². The van der Waals surface area contributed by atoms with E-state index in [1.165, 1.54) is 19.3 Å². The minimum absolute atomic E-state index is 0.0577. The molecule has 0 aliphatic rings. The number of hydrogen-bond donors (Lipinski definition) is 1. The van der Waals surface area contributed by atoms with Crippen LogP contribution in [0.15, 0.2) is 48.5 Å². The molecule has 30 heavy (non-hydrogen) atoms. The summed E-state index contributed by atoms with van der Waals surface area (Å²) in [6.45, 7) is 4.23. The summed E-state index contributed by atoms with van der Waals surface area (Å²) in [5.41, 5.74) is 3.73. The van der Waals surface area contributed by atoms with Crippen LogP contribution >= 0.6 is 0 Å². The second-order valence-corrected chi connectivity index (χ2v) is 7.41. The highest BCUT2D eigenvalue weighted by Gasteiger charge is 2.15. The maximum atomic E-state index is 12.2. The topological polar surface area (TPSA) is 69.0 Å². The van der Waals surface area contributed by atoms with Crippen LogP contribution < -0.4 is 10.1 Å². The van der Waals surface area contributed by atoms with Gasteiger partial charge in [0.25, 0.3) is 0 Å². The minimum atomic E-state index is 0.0577. The van der Waals surface area contributed by atoms with E-state index in [0.29, 0.717) is 18.3 Å². The van der Waals surface area contributed by atoms with Gasteiger partial charge in [0.15, 0.2) is 5.82 Å². The highest BCUT2D eigenvalue weighted by molar-refractivity contribution is 5.90. The van der Waals surface area contributed by atoms with E-state index in [9.17, 15) is 4.79 Å². The van der Waals surface area contributed by atoms with E-state index in [1.807, 2.05) is 55.5 Å². The Morgan fingerprint density at radius 1 is 1.03 bits per heavy atom. The monoisotopic (exact) mass is 406 g/mol. The lowest BCUT2D eigenvalue weighted by molar-refractivity contribution is -0.116. The van der Waals surface area contributed by atoms with Crippen molar-refractivity contribution < 1.29 is 9.53 Å². The molecule has 0 unspecified atom stereocenters. The number of nitrogens with one attached hydrogen (secondary N) is 1. The van der Waals surface area contributed by atoms with Crippen molar-refractivity contribution in [2.75, 3.05) is 12.4 Å². The summed E-state index contributed by atoms with van der Waals surface area (Å²) in [5, 5.41) is 7.44. The van der Waals surface area contributed by atoms with E-state index in [2.05, 4.69) is 22.3 Å². The first-order chi connectivity index (χ1) is 14.6. The number of hydrogen-bond acceptors (Lipinski definition) is 4. The largest absolute Gasteiger partial charge is 0.466 e. The molecule has 0 saturated heterocycles. The molecule has 158 valence electrons. The molecule has 0 saturated carbocycles. The predicted molar refractivity (Wildman–Crippen MR) is 120 cm³/mol. The molecule has 0 bridgehead atoms. The number of aryl methyl sites for hydroxylation is 1. The van der Waals surface area contributed by atoms with Gasteiger partial charge in [-0.3, -0.25) is 4.79 Å². The lowest BCUT2D eigenvalue weighted by Gasteiger charge is -2.09. The molecule has 0 aliphatic carbocycles. The van der Waals surface area contributed by atoms with Crippen molar-refractivity contribution in [3.8, 4) is 23.1 Å². The van der Waals surface area contributed by atoms with Crippen LogP contribution in [0.1, 0.15) is 51.0 Å². The minimum Gasteiger partial charge on any atom is -0.466 e. The Labute approximate surface area is 178 Å². The van der Waals surface area contributed by atoms with Gasteiger partial charge in [-0.05, 0) is 43.2 Å². The van der Waals surface area contributed by atoms with Crippen LogP contribution in [0.2, 0.25) is 0 Å². The van der Waals surface area contributed by atoms with E-state index in [0.717, 1.165) is 35.3 Å². The Hall–Kier alpha value is -3.15. The van der Waals surface area contributed by atoms with E-state index in [4.69, 9.17) is 4.74 Å². The quantitative estimate of drug-likeness (QED) is 0.448. The Morgan fingerprint density at radius 2 is 1.77 bits per heavy atom. The average Bonchev–Trinajstić information content (AvgIpc) is 3.19. The van der Waals surface area contributed by atoms with Gasteiger partial charge < -0.3 is 10.1 Å². The lowest BCUT2D eigenvalue weighted by atomic mass is 10.1. The van der Waals surface area contributed by atoms with Crippen molar-refractivity contribution in [2.45, 2.75) is 52.4 Å². The summed E-state index contributed by atoms with van der Waals surface area (Å²) in [4.78, 5) is 16.7. The third kappa shape index (κ3) is 5.47. The van der Waals surface area contributed by atoms with Crippen LogP contribution in [-0.2, 0) is 4.79 Å². The number of rotatable bonds is 10. The predicted octanol–water partition coefficient (Wildman–Crippen LogP) is 5.55. The second-order valence-electron chi connectivity index (χ2n) is 7.41. The molecule has 6 nitrogen and oxygen atoms in total. The molecule has 0 aliphatic heterocycles. The number of carbonyl (C=O) groups is 1. The first kappa shape index (κ1) is 21.6. The van der Waals surface area contributed by atoms with Gasteiger partial charge in [-0.25, -0.2) is 4.68 Å². The van der Waals surface area contributed by atoms with Crippen molar-refractivity contribution in [3.63, 3.8) is 0 Å². The van der Waals surface area contributed by atoms with Gasteiger partial charge in [0.2, 0.25) is 5.91 Å². The Balaban J connectivity index is 1.71. The SMILES string of the molecule is CCCCCCCC(=O)Nc1ccc(-n2nc(OC)nc2-c2ccccc2C)cc1. The van der Waals surface area contributed by atoms with Gasteiger partial charge >= 0.3 is 6.01 Å². The van der Waals surface area contributed by atoms with Gasteiger partial charge in [0.05, 0.1) is 12.8 Å². The maximum absolute atomic E-state index is 12.2. The van der Waals surface area contributed by atoms with E-state index in [-0.39, 0.29) is 5.91 Å². The van der Waals surface area contributed by atoms with Crippen LogP contribution in [0.3, 0.4) is 0 Å². The zero-order valence-corrected chi connectivity index (χ0v) is 18.0. The first-order valence-corrected chi connectivity index (χ1v) is 10.6. The van der Waals surface area contributed by atoms with E-state index >= 15 is 0 Å². The number of benzene rings is 2. The first-order valence-electron chi connectivity index (χ1n) is 10.6. The highest BCUT2D eigenvalue weighted by Crippen LogP contribution is 2.26. The fourth-order valence-electron chi connectivity index (χ4n) is 3.36. The number of methoxy groups -OCH3 is 1. The Morgan fingerprint density at radius 3 is 2.47 bits per heavy atom. The van der Waals surface area contributed by atoms with E-state index < -0.39 is 0 Å². The number of ether oxygens (including phenoxy) is 1. The molecule has 3 rings (SSSR count). The van der Waals surface area contributed by atoms with Crippen molar-refractivity contribution >= 4 is 11.6 Å². The van der Waals surface area contributed by atoms with Crippen LogP contribution in [0.4, 0.5) is 5.69 Å². The smallest absolute Gasteiger partial charge is 0.336 e. The summed E-state index contributed by atoms with van der Waals surface area (Å²) in [5.74, 6) is 0.774. The molecular weight excluding hydrogens is 376 g/mol. The fraction of sp³-hybridized carbons (Fsp3) is 0.375. The molecule has 1 aromatic heterocycles. The molecule has 0 radical (unpaired) electrons. The molecule has 0 spiro atoms. The fourth-order valence-corrected chi connectivity index (χ4v) is 3.36. The number of aromatic nitrogens is 3. The summed E-state index contributed by atoms with van der Waals surface area (Å²) >= 11 is 0. The third-order valence-electron chi connectivity index (χ3n) is 5.06. The van der Waals surface area contributed by atoms with Gasteiger partial charge in [-0.15, -0.1) is 5.10 Å². The molecule has 0 atom stereocenters. The third-order valence-corrected chi connectivity index (χ3v) is 5.06. The standard InChI is InChI=1S/C24H30N4O2/c1-4-5-6-7-8-13-22(29)25-19-14-16-20(17-15-19)28-23(26-24(27-28)30-3)21-12-10-9-11-18(21)2/h9-12,14-17H,4-8,13H2,1-3H3,(H,25,29). The summed E-state index contributed by atoms with van der Waals surface area (Å²) in [6, 6.07) is 16.0. The normalized spacial score (nSPS) is 10.8. The number of anilines is 1. The van der Waals surface area contributed by atoms with Crippen molar-refractivity contribution in [2.24, 2.45) is 0 Å². The van der Waals surface area contributed by atoms with Crippen LogP contribution in [0.25, 0.3) is 17.1 Å². The average molecular weight is 407 g/mol. The second kappa shape index (κ2) is 10.6. The Kier molecular flexibility index (Phi) is 7.60. The number of unbranched alkanes of at least 4 members (excludes halogenated alkanes) is 4. The van der Waals surface area contributed by atoms with Crippen LogP contribution in [0.5, 0.6) is 6.01 Å². The molecule has 2 aromatic carbocycles. The lowest BCUT2D eigenvalue weighted by Crippen LogP contribution is -2.11.